The quantitative estimate of drug-likeness (QED) is 0.223. The van der Waals surface area contributed by atoms with E-state index >= 15 is 0 Å². The summed E-state index contributed by atoms with van der Waals surface area (Å²) < 4.78 is 12.7. The van der Waals surface area contributed by atoms with Crippen LogP contribution in [0.25, 0.3) is 22.0 Å². The van der Waals surface area contributed by atoms with Crippen LogP contribution in [0.3, 0.4) is 0 Å². The molecule has 1 fully saturated rings. The summed E-state index contributed by atoms with van der Waals surface area (Å²) in [7, 11) is 3.01. The molecule has 1 aromatic carbocycles. The van der Waals surface area contributed by atoms with Gasteiger partial charge in [0.15, 0.2) is 5.78 Å². The summed E-state index contributed by atoms with van der Waals surface area (Å²) in [5.74, 6) is 1.95. The summed E-state index contributed by atoms with van der Waals surface area (Å²) in [6, 6.07) is 5.31. The number of methoxy groups -OCH3 is 2. The van der Waals surface area contributed by atoms with E-state index in [1.54, 1.807) is 22.9 Å². The van der Waals surface area contributed by atoms with Crippen molar-refractivity contribution in [3.05, 3.63) is 57.4 Å². The van der Waals surface area contributed by atoms with Crippen LogP contribution < -0.4 is 20.3 Å². The molecule has 1 aliphatic rings. The molecule has 0 bridgehead atoms. The minimum atomic E-state index is -0.203. The van der Waals surface area contributed by atoms with Gasteiger partial charge in [-0.1, -0.05) is 36.2 Å². The lowest BCUT2D eigenvalue weighted by atomic mass is 9.91. The predicted octanol–water partition coefficient (Wildman–Crippen LogP) is 6.85. The van der Waals surface area contributed by atoms with Gasteiger partial charge in [-0.25, -0.2) is 4.98 Å². The molecule has 226 valence electrons. The Morgan fingerprint density at radius 2 is 1.83 bits per heavy atom. The van der Waals surface area contributed by atoms with Crippen molar-refractivity contribution in [2.45, 2.75) is 52.0 Å². The maximum absolute atomic E-state index is 14.2. The Bertz CT molecular complexity index is 1460. The number of carbonyl (C=O) groups is 1. The Morgan fingerprint density at radius 3 is 2.50 bits per heavy atom. The maximum Gasteiger partial charge on any atom is 0.259 e. The van der Waals surface area contributed by atoms with Gasteiger partial charge in [-0.2, -0.15) is 0 Å². The zero-order valence-corrected chi connectivity index (χ0v) is 26.2. The molecule has 0 spiro atoms. The number of hydrogen-bond donors (Lipinski definition) is 1. The molecule has 1 aliphatic heterocycles. The first-order valence-electron chi connectivity index (χ1n) is 14.6. The zero-order chi connectivity index (χ0) is 30.2. The lowest BCUT2D eigenvalue weighted by Crippen LogP contribution is -2.32. The van der Waals surface area contributed by atoms with Gasteiger partial charge in [-0.05, 0) is 70.3 Å². The van der Waals surface area contributed by atoms with Crippen LogP contribution in [0.4, 0.5) is 5.82 Å². The van der Waals surface area contributed by atoms with Crippen LogP contribution >= 0.6 is 23.2 Å². The minimum Gasteiger partial charge on any atom is -0.495 e. The number of pyridine rings is 2. The van der Waals surface area contributed by atoms with E-state index in [1.807, 2.05) is 13.0 Å². The molecule has 2 aromatic heterocycles. The van der Waals surface area contributed by atoms with E-state index in [0.29, 0.717) is 53.9 Å². The number of halogens is 2. The van der Waals surface area contributed by atoms with Crippen molar-refractivity contribution in [3.8, 4) is 22.6 Å². The first-order chi connectivity index (χ1) is 20.3. The summed E-state index contributed by atoms with van der Waals surface area (Å²) in [6.45, 7) is 9.65. The van der Waals surface area contributed by atoms with E-state index < -0.39 is 0 Å². The van der Waals surface area contributed by atoms with Crippen LogP contribution in [0, 0.1) is 5.92 Å². The molecule has 3 aromatic rings. The second kappa shape index (κ2) is 14.9. The fourth-order valence-electron chi connectivity index (χ4n) is 5.71. The Labute approximate surface area is 257 Å². The number of fused-ring (bicyclic) bond motifs is 1. The average Bonchev–Trinajstić information content (AvgIpc) is 2.97. The van der Waals surface area contributed by atoms with Crippen LogP contribution in [-0.2, 0) is 11.3 Å². The molecule has 4 rings (SSSR count). The highest BCUT2D eigenvalue weighted by molar-refractivity contribution is 6.41. The van der Waals surface area contributed by atoms with E-state index in [9.17, 15) is 9.59 Å². The molecule has 0 radical (unpaired) electrons. The zero-order valence-electron chi connectivity index (χ0n) is 24.7. The lowest BCUT2D eigenvalue weighted by Gasteiger charge is -2.28. The van der Waals surface area contributed by atoms with E-state index in [0.717, 1.165) is 62.6 Å². The summed E-state index contributed by atoms with van der Waals surface area (Å²) in [5.41, 5.74) is 1.31. The molecular weight excluding hydrogens is 575 g/mol. The normalized spacial score (nSPS) is 16.1. The molecule has 3 heterocycles. The van der Waals surface area contributed by atoms with Gasteiger partial charge >= 0.3 is 0 Å². The number of nitrogens with zero attached hydrogens (tertiary/aromatic N) is 3. The maximum atomic E-state index is 14.2. The van der Waals surface area contributed by atoms with E-state index in [-0.39, 0.29) is 21.4 Å². The number of aryl methyl sites for hydroxylation is 1. The number of likely N-dealkylation sites (tertiary alicyclic amines) is 1. The number of rotatable bonds is 12. The fourth-order valence-corrected chi connectivity index (χ4v) is 6.42. The molecule has 0 saturated carbocycles. The minimum absolute atomic E-state index is 0.124. The number of nitrogens with one attached hydrogen (secondary N) is 1. The number of ketones is 1. The molecule has 8 nitrogen and oxygen atoms in total. The standard InChI is InChI=1S/C32H40Cl2N4O4/c1-5-23(39)16-21-10-7-8-12-37(15-11-21)13-9-14-38-25-18-28(35-6-2)36-20-22(25)17-24(32(38)40)29-30(33)26(41-3)19-27(42-4)31(29)34/h5,17-21H,1,6-16H2,2-4H3,(H,35,36). The van der Waals surface area contributed by atoms with Gasteiger partial charge in [-0.15, -0.1) is 0 Å². The molecule has 42 heavy (non-hydrogen) atoms. The van der Waals surface area contributed by atoms with Crippen LogP contribution in [0.2, 0.25) is 10.0 Å². The molecule has 1 unspecified atom stereocenters. The number of hydrogen-bond acceptors (Lipinski definition) is 7. The highest BCUT2D eigenvalue weighted by atomic mass is 35.5. The topological polar surface area (TPSA) is 85.7 Å². The first-order valence-corrected chi connectivity index (χ1v) is 15.3. The van der Waals surface area contributed by atoms with Gasteiger partial charge in [0, 0.05) is 48.8 Å². The van der Waals surface area contributed by atoms with Crippen molar-refractivity contribution in [3.63, 3.8) is 0 Å². The number of benzene rings is 1. The van der Waals surface area contributed by atoms with Crippen LogP contribution in [-0.4, -0.2) is 60.6 Å². The van der Waals surface area contributed by atoms with Gasteiger partial charge in [0.2, 0.25) is 0 Å². The van der Waals surface area contributed by atoms with Gasteiger partial charge in [-0.3, -0.25) is 9.59 Å². The van der Waals surface area contributed by atoms with Crippen LogP contribution in [0.5, 0.6) is 11.5 Å². The molecule has 10 heteroatoms. The number of aromatic nitrogens is 2. The third kappa shape index (κ3) is 7.28. The van der Waals surface area contributed by atoms with Gasteiger partial charge in [0.05, 0.1) is 35.3 Å². The molecular formula is C32H40Cl2N4O4. The summed E-state index contributed by atoms with van der Waals surface area (Å²) in [4.78, 5) is 33.1. The fraction of sp³-hybridized carbons (Fsp3) is 0.469. The van der Waals surface area contributed by atoms with Gasteiger partial charge in [0.25, 0.3) is 5.56 Å². The van der Waals surface area contributed by atoms with Crippen molar-refractivity contribution in [1.29, 1.82) is 0 Å². The summed E-state index contributed by atoms with van der Waals surface area (Å²) in [6.07, 6.45) is 8.84. The van der Waals surface area contributed by atoms with Crippen LogP contribution in [0.1, 0.15) is 45.4 Å². The molecule has 1 saturated heterocycles. The predicted molar refractivity (Wildman–Crippen MR) is 172 cm³/mol. The van der Waals surface area contributed by atoms with Crippen molar-refractivity contribution in [1.82, 2.24) is 14.5 Å². The van der Waals surface area contributed by atoms with Crippen molar-refractivity contribution in [2.75, 3.05) is 45.7 Å². The van der Waals surface area contributed by atoms with Crippen molar-refractivity contribution < 1.29 is 14.3 Å². The van der Waals surface area contributed by atoms with E-state index in [4.69, 9.17) is 32.7 Å². The van der Waals surface area contributed by atoms with Crippen molar-refractivity contribution in [2.24, 2.45) is 5.92 Å². The Morgan fingerprint density at radius 1 is 1.10 bits per heavy atom. The highest BCUT2D eigenvalue weighted by Crippen LogP contribution is 2.45. The number of anilines is 1. The largest absolute Gasteiger partial charge is 0.495 e. The Hall–Kier alpha value is -3.07. The number of ether oxygens (including phenoxy) is 2. The molecule has 1 atom stereocenters. The van der Waals surface area contributed by atoms with E-state index in [2.05, 4.69) is 21.8 Å². The van der Waals surface area contributed by atoms with Gasteiger partial charge < -0.3 is 24.3 Å². The molecule has 0 amide bonds. The number of allylic oxidation sites excluding steroid dienone is 1. The lowest BCUT2D eigenvalue weighted by molar-refractivity contribution is -0.115. The number of carbonyl (C=O) groups excluding carboxylic acids is 1. The summed E-state index contributed by atoms with van der Waals surface area (Å²) in [5, 5.41) is 4.52. The summed E-state index contributed by atoms with van der Waals surface area (Å²) >= 11 is 13.5. The molecule has 1 N–H and O–H groups in total. The van der Waals surface area contributed by atoms with Gasteiger partial charge in [0.1, 0.15) is 17.3 Å². The first kappa shape index (κ1) is 31.9. The van der Waals surface area contributed by atoms with E-state index in [1.165, 1.54) is 20.3 Å². The smallest absolute Gasteiger partial charge is 0.259 e. The monoisotopic (exact) mass is 614 g/mol. The average molecular weight is 616 g/mol. The Kier molecular flexibility index (Phi) is 11.3. The second-order valence-corrected chi connectivity index (χ2v) is 11.4. The Balaban J connectivity index is 1.67. The third-order valence-electron chi connectivity index (χ3n) is 7.94. The SMILES string of the molecule is C=CC(=O)CC1CCCCN(CCCn2c(=O)c(-c3c(Cl)c(OC)cc(OC)c3Cl)cc3cnc(NCC)cc32)CC1. The van der Waals surface area contributed by atoms with Crippen molar-refractivity contribution >= 4 is 45.7 Å². The highest BCUT2D eigenvalue weighted by Gasteiger charge is 2.23. The molecule has 0 aliphatic carbocycles. The van der Waals surface area contributed by atoms with Crippen LogP contribution in [0.15, 0.2) is 41.8 Å². The second-order valence-electron chi connectivity index (χ2n) is 10.7. The third-order valence-corrected chi connectivity index (χ3v) is 8.69.